The minimum Gasteiger partial charge on any atom is -0.377 e. The van der Waals surface area contributed by atoms with Crippen LogP contribution >= 0.6 is 0 Å². The van der Waals surface area contributed by atoms with Gasteiger partial charge in [0.15, 0.2) is 0 Å². The minimum atomic E-state index is 0.309. The van der Waals surface area contributed by atoms with Gasteiger partial charge in [-0.2, -0.15) is 0 Å². The first-order chi connectivity index (χ1) is 8.29. The van der Waals surface area contributed by atoms with Crippen LogP contribution < -0.4 is 0 Å². The maximum absolute atomic E-state index is 11.8. The Morgan fingerprint density at radius 3 is 2.94 bits per heavy atom. The van der Waals surface area contributed by atoms with E-state index in [0.717, 1.165) is 45.5 Å². The highest BCUT2D eigenvalue weighted by molar-refractivity contribution is 5.81. The van der Waals surface area contributed by atoms with E-state index >= 15 is 0 Å². The first kappa shape index (κ1) is 13.0. The van der Waals surface area contributed by atoms with Crippen LogP contribution in [0.5, 0.6) is 0 Å². The lowest BCUT2D eigenvalue weighted by atomic mass is 9.87. The van der Waals surface area contributed by atoms with E-state index in [0.29, 0.717) is 17.8 Å². The molecule has 0 aromatic rings. The summed E-state index contributed by atoms with van der Waals surface area (Å²) < 4.78 is 5.70. The lowest BCUT2D eigenvalue weighted by Crippen LogP contribution is -2.43. The number of piperidine rings is 1. The second-order valence-electron chi connectivity index (χ2n) is 5.39. The smallest absolute Gasteiger partial charge is 0.137 e. The molecule has 1 aliphatic carbocycles. The number of carbonyl (C=O) groups excluding carboxylic acids is 1. The van der Waals surface area contributed by atoms with Gasteiger partial charge in [-0.15, -0.1) is 0 Å². The van der Waals surface area contributed by atoms with Crippen LogP contribution in [0.25, 0.3) is 0 Å². The highest BCUT2D eigenvalue weighted by Gasteiger charge is 2.27. The summed E-state index contributed by atoms with van der Waals surface area (Å²) in [5, 5.41) is 0. The van der Waals surface area contributed by atoms with Gasteiger partial charge in [-0.25, -0.2) is 0 Å². The first-order valence-electron chi connectivity index (χ1n) is 7.16. The standard InChI is InChI=1S/C14H25NO2/c1-2-17-13-7-5-9-15(11-13)10-12-6-3-4-8-14(12)16/h12-13H,2-11H2,1H3. The number of ether oxygens (including phenoxy) is 1. The number of hydrogen-bond donors (Lipinski definition) is 0. The van der Waals surface area contributed by atoms with Gasteiger partial charge in [0.1, 0.15) is 5.78 Å². The molecule has 0 amide bonds. The molecular formula is C14H25NO2. The predicted octanol–water partition coefficient (Wildman–Crippen LogP) is 2.25. The molecule has 0 spiro atoms. The van der Waals surface area contributed by atoms with Crippen LogP contribution in [0.4, 0.5) is 0 Å². The Balaban J connectivity index is 1.79. The highest BCUT2D eigenvalue weighted by Crippen LogP contribution is 2.23. The number of likely N-dealkylation sites (tertiary alicyclic amines) is 1. The molecule has 1 saturated heterocycles. The summed E-state index contributed by atoms with van der Waals surface area (Å²) in [5.74, 6) is 0.805. The molecule has 3 heteroatoms. The normalized spacial score (nSPS) is 31.7. The third-order valence-corrected chi connectivity index (χ3v) is 4.02. The third kappa shape index (κ3) is 3.78. The van der Waals surface area contributed by atoms with Crippen LogP contribution in [0.1, 0.15) is 45.4 Å². The monoisotopic (exact) mass is 239 g/mol. The summed E-state index contributed by atoms with van der Waals surface area (Å²) in [6.45, 7) is 6.01. The van der Waals surface area contributed by atoms with Crippen LogP contribution in [0.3, 0.4) is 0 Å². The van der Waals surface area contributed by atoms with E-state index in [-0.39, 0.29) is 0 Å². The Hall–Kier alpha value is -0.410. The lowest BCUT2D eigenvalue weighted by molar-refractivity contribution is -0.125. The number of rotatable bonds is 4. The second kappa shape index (κ2) is 6.50. The van der Waals surface area contributed by atoms with Crippen molar-refractivity contribution >= 4 is 5.78 Å². The fraction of sp³-hybridized carbons (Fsp3) is 0.929. The predicted molar refractivity (Wildman–Crippen MR) is 68.1 cm³/mol. The molecule has 1 aliphatic heterocycles. The molecule has 2 unspecified atom stereocenters. The fourth-order valence-corrected chi connectivity index (χ4v) is 3.11. The van der Waals surface area contributed by atoms with Crippen LogP contribution in [-0.2, 0) is 9.53 Å². The maximum Gasteiger partial charge on any atom is 0.137 e. The molecule has 0 bridgehead atoms. The Labute approximate surface area is 105 Å². The Kier molecular flexibility index (Phi) is 4.99. The number of nitrogens with zero attached hydrogens (tertiary/aromatic N) is 1. The topological polar surface area (TPSA) is 29.5 Å². The van der Waals surface area contributed by atoms with E-state index < -0.39 is 0 Å². The van der Waals surface area contributed by atoms with Gasteiger partial charge in [0.2, 0.25) is 0 Å². The van der Waals surface area contributed by atoms with Gasteiger partial charge in [0, 0.05) is 32.0 Å². The van der Waals surface area contributed by atoms with Gasteiger partial charge in [-0.05, 0) is 39.2 Å². The molecule has 0 aromatic heterocycles. The molecule has 2 atom stereocenters. The van der Waals surface area contributed by atoms with E-state index in [2.05, 4.69) is 11.8 Å². The van der Waals surface area contributed by atoms with Crippen molar-refractivity contribution in [3.63, 3.8) is 0 Å². The van der Waals surface area contributed by atoms with Crippen molar-refractivity contribution in [1.29, 1.82) is 0 Å². The van der Waals surface area contributed by atoms with Crippen molar-refractivity contribution in [1.82, 2.24) is 4.90 Å². The molecular weight excluding hydrogens is 214 g/mol. The average Bonchev–Trinajstić information content (AvgIpc) is 2.33. The molecule has 0 radical (unpaired) electrons. The summed E-state index contributed by atoms with van der Waals surface area (Å²) >= 11 is 0. The van der Waals surface area contributed by atoms with E-state index in [1.165, 1.54) is 19.3 Å². The van der Waals surface area contributed by atoms with Crippen molar-refractivity contribution < 1.29 is 9.53 Å². The van der Waals surface area contributed by atoms with Gasteiger partial charge in [-0.3, -0.25) is 4.79 Å². The van der Waals surface area contributed by atoms with E-state index in [9.17, 15) is 4.79 Å². The number of carbonyl (C=O) groups is 1. The second-order valence-corrected chi connectivity index (χ2v) is 5.39. The third-order valence-electron chi connectivity index (χ3n) is 4.02. The van der Waals surface area contributed by atoms with Gasteiger partial charge in [0.05, 0.1) is 6.10 Å². The Morgan fingerprint density at radius 2 is 2.18 bits per heavy atom. The molecule has 0 aromatic carbocycles. The fourth-order valence-electron chi connectivity index (χ4n) is 3.11. The molecule has 1 saturated carbocycles. The zero-order valence-electron chi connectivity index (χ0n) is 11.0. The van der Waals surface area contributed by atoms with Crippen LogP contribution in [0, 0.1) is 5.92 Å². The van der Waals surface area contributed by atoms with E-state index in [1.54, 1.807) is 0 Å². The Bertz CT molecular complexity index is 253. The molecule has 2 fully saturated rings. The van der Waals surface area contributed by atoms with Gasteiger partial charge >= 0.3 is 0 Å². The van der Waals surface area contributed by atoms with Gasteiger partial charge in [-0.1, -0.05) is 6.42 Å². The van der Waals surface area contributed by atoms with Gasteiger partial charge in [0.25, 0.3) is 0 Å². The number of Topliss-reactive ketones (excluding diaryl/α,β-unsaturated/α-hetero) is 1. The van der Waals surface area contributed by atoms with Crippen molar-refractivity contribution in [2.75, 3.05) is 26.2 Å². The number of ketones is 1. The summed E-state index contributed by atoms with van der Waals surface area (Å²) in [6, 6.07) is 0. The van der Waals surface area contributed by atoms with E-state index in [1.807, 2.05) is 0 Å². The summed E-state index contributed by atoms with van der Waals surface area (Å²) in [7, 11) is 0. The first-order valence-corrected chi connectivity index (χ1v) is 7.16. The Morgan fingerprint density at radius 1 is 1.29 bits per heavy atom. The van der Waals surface area contributed by atoms with Crippen LogP contribution in [-0.4, -0.2) is 43.0 Å². The van der Waals surface area contributed by atoms with Crippen molar-refractivity contribution in [3.8, 4) is 0 Å². The van der Waals surface area contributed by atoms with Crippen molar-refractivity contribution in [2.45, 2.75) is 51.6 Å². The van der Waals surface area contributed by atoms with Crippen LogP contribution in [0.2, 0.25) is 0 Å². The molecule has 1 heterocycles. The van der Waals surface area contributed by atoms with E-state index in [4.69, 9.17) is 4.74 Å². The van der Waals surface area contributed by atoms with Crippen molar-refractivity contribution in [3.05, 3.63) is 0 Å². The zero-order valence-corrected chi connectivity index (χ0v) is 11.0. The molecule has 0 N–H and O–H groups in total. The largest absolute Gasteiger partial charge is 0.377 e. The molecule has 2 aliphatic rings. The lowest BCUT2D eigenvalue weighted by Gasteiger charge is -2.35. The summed E-state index contributed by atoms with van der Waals surface area (Å²) in [6.07, 6.45) is 7.06. The minimum absolute atomic E-state index is 0.309. The molecule has 2 rings (SSSR count). The highest BCUT2D eigenvalue weighted by atomic mass is 16.5. The van der Waals surface area contributed by atoms with Gasteiger partial charge < -0.3 is 9.64 Å². The summed E-state index contributed by atoms with van der Waals surface area (Å²) in [5.41, 5.74) is 0. The SMILES string of the molecule is CCOC1CCCN(CC2CCCCC2=O)C1. The molecule has 3 nitrogen and oxygen atoms in total. The number of hydrogen-bond acceptors (Lipinski definition) is 3. The zero-order chi connectivity index (χ0) is 12.1. The quantitative estimate of drug-likeness (QED) is 0.753. The summed E-state index contributed by atoms with van der Waals surface area (Å²) in [4.78, 5) is 14.3. The maximum atomic E-state index is 11.8. The molecule has 98 valence electrons. The van der Waals surface area contributed by atoms with Crippen molar-refractivity contribution in [2.24, 2.45) is 5.92 Å². The average molecular weight is 239 g/mol. The molecule has 17 heavy (non-hydrogen) atoms. The van der Waals surface area contributed by atoms with Crippen LogP contribution in [0.15, 0.2) is 0 Å².